The molecule has 0 aromatic heterocycles. The summed E-state index contributed by atoms with van der Waals surface area (Å²) in [6.07, 6.45) is 12.6. The van der Waals surface area contributed by atoms with Gasteiger partial charge in [0.05, 0.1) is 25.5 Å². The zero-order valence-electron chi connectivity index (χ0n) is 17.5. The van der Waals surface area contributed by atoms with E-state index in [2.05, 4.69) is 6.92 Å². The molecule has 0 aliphatic rings. The molecule has 6 nitrogen and oxygen atoms in total. The molecule has 0 fully saturated rings. The van der Waals surface area contributed by atoms with E-state index < -0.39 is 11.9 Å². The van der Waals surface area contributed by atoms with E-state index in [9.17, 15) is 19.5 Å². The van der Waals surface area contributed by atoms with Crippen molar-refractivity contribution in [1.29, 1.82) is 0 Å². The van der Waals surface area contributed by atoms with Gasteiger partial charge in [-0.1, -0.05) is 58.3 Å². The predicted molar refractivity (Wildman–Crippen MR) is 114 cm³/mol. The number of ether oxygens (including phenoxy) is 1. The SMILES string of the molecule is CCCCCCCCCCC(CCCCOC(=O)CCC(=O)CN)C(=O)O.Cl. The van der Waals surface area contributed by atoms with E-state index in [-0.39, 0.29) is 50.1 Å². The highest BCUT2D eigenvalue weighted by molar-refractivity contribution is 5.85. The van der Waals surface area contributed by atoms with Gasteiger partial charge in [0.25, 0.3) is 0 Å². The van der Waals surface area contributed by atoms with Gasteiger partial charge in [-0.2, -0.15) is 0 Å². The Balaban J connectivity index is 0. The molecular formula is C21H40ClNO5. The van der Waals surface area contributed by atoms with Crippen LogP contribution in [0, 0.1) is 5.92 Å². The van der Waals surface area contributed by atoms with Crippen LogP contribution < -0.4 is 5.73 Å². The van der Waals surface area contributed by atoms with Crippen LogP contribution in [0.5, 0.6) is 0 Å². The number of carboxylic acid groups (broad SMARTS) is 1. The molecule has 0 rings (SSSR count). The van der Waals surface area contributed by atoms with E-state index in [1.165, 1.54) is 38.5 Å². The summed E-state index contributed by atoms with van der Waals surface area (Å²) in [4.78, 5) is 33.8. The Labute approximate surface area is 176 Å². The molecule has 1 unspecified atom stereocenters. The molecule has 0 saturated carbocycles. The minimum Gasteiger partial charge on any atom is -0.481 e. The van der Waals surface area contributed by atoms with Crippen LogP contribution in [0.2, 0.25) is 0 Å². The summed E-state index contributed by atoms with van der Waals surface area (Å²) >= 11 is 0. The van der Waals surface area contributed by atoms with Crippen LogP contribution in [0.4, 0.5) is 0 Å². The molecule has 0 aliphatic carbocycles. The lowest BCUT2D eigenvalue weighted by Crippen LogP contribution is -2.16. The third kappa shape index (κ3) is 18.2. The predicted octanol–water partition coefficient (Wildman–Crippen LogP) is 4.66. The molecule has 166 valence electrons. The lowest BCUT2D eigenvalue weighted by Gasteiger charge is -2.12. The van der Waals surface area contributed by atoms with Crippen LogP contribution >= 0.6 is 12.4 Å². The van der Waals surface area contributed by atoms with Crippen molar-refractivity contribution < 1.29 is 24.2 Å². The molecule has 1 atom stereocenters. The summed E-state index contributed by atoms with van der Waals surface area (Å²) in [6, 6.07) is 0. The smallest absolute Gasteiger partial charge is 0.306 e. The largest absolute Gasteiger partial charge is 0.481 e. The number of carbonyl (C=O) groups excluding carboxylic acids is 2. The Morgan fingerprint density at radius 1 is 0.857 bits per heavy atom. The number of esters is 1. The van der Waals surface area contributed by atoms with Crippen LogP contribution in [0.3, 0.4) is 0 Å². The van der Waals surface area contributed by atoms with E-state index in [0.29, 0.717) is 12.8 Å². The third-order valence-corrected chi connectivity index (χ3v) is 4.80. The number of aliphatic carboxylic acids is 1. The van der Waals surface area contributed by atoms with Crippen molar-refractivity contribution in [1.82, 2.24) is 0 Å². The van der Waals surface area contributed by atoms with Gasteiger partial charge in [0.1, 0.15) is 5.78 Å². The van der Waals surface area contributed by atoms with Crippen molar-refractivity contribution in [2.45, 2.75) is 96.8 Å². The lowest BCUT2D eigenvalue weighted by molar-refractivity contribution is -0.145. The Hall–Kier alpha value is -1.14. The van der Waals surface area contributed by atoms with Gasteiger partial charge >= 0.3 is 11.9 Å². The maximum absolute atomic E-state index is 11.4. The Morgan fingerprint density at radius 2 is 1.39 bits per heavy atom. The first kappa shape index (κ1) is 29.1. The average molecular weight is 422 g/mol. The number of carboxylic acids is 1. The first-order valence-electron chi connectivity index (χ1n) is 10.6. The van der Waals surface area contributed by atoms with Gasteiger partial charge < -0.3 is 15.6 Å². The van der Waals surface area contributed by atoms with Gasteiger partial charge in [0.2, 0.25) is 0 Å². The number of nitrogens with two attached hydrogens (primary N) is 1. The van der Waals surface area contributed by atoms with Gasteiger partial charge in [0.15, 0.2) is 0 Å². The van der Waals surface area contributed by atoms with Crippen LogP contribution in [0.25, 0.3) is 0 Å². The second-order valence-corrected chi connectivity index (χ2v) is 7.26. The molecule has 0 aromatic carbocycles. The lowest BCUT2D eigenvalue weighted by atomic mass is 9.95. The monoisotopic (exact) mass is 421 g/mol. The molecule has 7 heteroatoms. The minimum atomic E-state index is -0.727. The molecule has 0 spiro atoms. The average Bonchev–Trinajstić information content (AvgIpc) is 2.65. The maximum Gasteiger partial charge on any atom is 0.306 e. The van der Waals surface area contributed by atoms with Gasteiger partial charge in [-0.25, -0.2) is 0 Å². The second-order valence-electron chi connectivity index (χ2n) is 7.26. The van der Waals surface area contributed by atoms with Crippen molar-refractivity contribution in [3.63, 3.8) is 0 Å². The summed E-state index contributed by atoms with van der Waals surface area (Å²) in [7, 11) is 0. The Kier molecular flexibility index (Phi) is 21.4. The van der Waals surface area contributed by atoms with Gasteiger partial charge in [-0.05, 0) is 25.7 Å². The molecule has 0 radical (unpaired) electrons. The zero-order chi connectivity index (χ0) is 20.3. The number of hydrogen-bond acceptors (Lipinski definition) is 5. The van der Waals surface area contributed by atoms with Crippen molar-refractivity contribution in [2.75, 3.05) is 13.2 Å². The van der Waals surface area contributed by atoms with E-state index in [1.807, 2.05) is 0 Å². The van der Waals surface area contributed by atoms with E-state index >= 15 is 0 Å². The molecule has 3 N–H and O–H groups in total. The van der Waals surface area contributed by atoms with Crippen LogP contribution in [0.1, 0.15) is 96.8 Å². The maximum atomic E-state index is 11.4. The summed E-state index contributed by atoms with van der Waals surface area (Å²) < 4.78 is 5.05. The number of ketones is 1. The number of halogens is 1. The topological polar surface area (TPSA) is 107 Å². The normalized spacial score (nSPS) is 11.5. The van der Waals surface area contributed by atoms with Crippen LogP contribution in [-0.2, 0) is 19.1 Å². The van der Waals surface area contributed by atoms with Gasteiger partial charge in [-0.3, -0.25) is 14.4 Å². The fourth-order valence-electron chi connectivity index (χ4n) is 3.01. The number of unbranched alkanes of at least 4 members (excludes halogenated alkanes) is 8. The van der Waals surface area contributed by atoms with Crippen molar-refractivity contribution in [3.8, 4) is 0 Å². The Morgan fingerprint density at radius 3 is 1.93 bits per heavy atom. The summed E-state index contributed by atoms with van der Waals surface area (Å²) in [5.41, 5.74) is 5.18. The summed E-state index contributed by atoms with van der Waals surface area (Å²) in [5, 5.41) is 9.34. The molecule has 28 heavy (non-hydrogen) atoms. The van der Waals surface area contributed by atoms with Crippen LogP contribution in [0.15, 0.2) is 0 Å². The molecule has 0 aromatic rings. The second kappa shape index (κ2) is 20.6. The van der Waals surface area contributed by atoms with Crippen LogP contribution in [-0.4, -0.2) is 36.0 Å². The number of Topliss-reactive ketones (excluding diaryl/α,β-unsaturated/α-hetero) is 1. The third-order valence-electron chi connectivity index (χ3n) is 4.80. The van der Waals surface area contributed by atoms with Gasteiger partial charge in [-0.15, -0.1) is 12.4 Å². The van der Waals surface area contributed by atoms with Gasteiger partial charge in [0, 0.05) is 6.42 Å². The molecule has 0 heterocycles. The quantitative estimate of drug-likeness (QED) is 0.232. The Bertz CT molecular complexity index is 418. The highest BCUT2D eigenvalue weighted by atomic mass is 35.5. The first-order valence-corrected chi connectivity index (χ1v) is 10.6. The van der Waals surface area contributed by atoms with E-state index in [0.717, 1.165) is 25.7 Å². The molecule has 0 amide bonds. The summed E-state index contributed by atoms with van der Waals surface area (Å²) in [6.45, 7) is 2.43. The highest BCUT2D eigenvalue weighted by Crippen LogP contribution is 2.18. The van der Waals surface area contributed by atoms with Crippen molar-refractivity contribution >= 4 is 30.1 Å². The van der Waals surface area contributed by atoms with Crippen molar-refractivity contribution in [2.24, 2.45) is 11.7 Å². The number of rotatable bonds is 19. The number of hydrogen-bond donors (Lipinski definition) is 2. The van der Waals surface area contributed by atoms with Crippen molar-refractivity contribution in [3.05, 3.63) is 0 Å². The number of carbonyl (C=O) groups is 3. The standard InChI is InChI=1S/C21H39NO5.ClH/c1-2-3-4-5-6-7-8-9-12-18(21(25)26)13-10-11-16-27-20(24)15-14-19(23)17-22;/h18H,2-17,22H2,1H3,(H,25,26);1H. The molecule has 0 bridgehead atoms. The highest BCUT2D eigenvalue weighted by Gasteiger charge is 2.16. The molecular weight excluding hydrogens is 382 g/mol. The first-order chi connectivity index (χ1) is 13.0. The fourth-order valence-corrected chi connectivity index (χ4v) is 3.01. The van der Waals surface area contributed by atoms with E-state index in [4.69, 9.17) is 10.5 Å². The zero-order valence-corrected chi connectivity index (χ0v) is 18.3. The minimum absolute atomic E-state index is 0. The fraction of sp³-hybridized carbons (Fsp3) is 0.857. The van der Waals surface area contributed by atoms with E-state index in [1.54, 1.807) is 0 Å². The summed E-state index contributed by atoms with van der Waals surface area (Å²) in [5.74, 6) is -1.58. The molecule has 0 aliphatic heterocycles. The molecule has 0 saturated heterocycles.